The molecule has 3 saturated heterocycles. The van der Waals surface area contributed by atoms with Crippen LogP contribution in [0.1, 0.15) is 12.8 Å². The van der Waals surface area contributed by atoms with E-state index in [2.05, 4.69) is 15.1 Å². The number of nitrogens with zero attached hydrogens (tertiary/aromatic N) is 3. The standard InChI is InChI=1S/C12H19N5O8S.Na/c18-10(14-24-6-5-15-4-3-13-11(15)19)9-2-1-8-7-16(9)12(20)17(8)25-26(21,22)23;/h8-9H,1-7H2,(H,13,19)(H,14,18)(H,21,22,23);/t8-,9+;/m1./s1. The summed E-state index contributed by atoms with van der Waals surface area (Å²) >= 11 is 0. The van der Waals surface area contributed by atoms with Gasteiger partial charge in [0.2, 0.25) is 0 Å². The van der Waals surface area contributed by atoms with Crippen molar-refractivity contribution in [2.45, 2.75) is 24.9 Å². The number of fused-ring (bicyclic) bond motifs is 2. The third kappa shape index (κ3) is 5.22. The molecule has 147 valence electrons. The maximum Gasteiger partial charge on any atom is 0.418 e. The summed E-state index contributed by atoms with van der Waals surface area (Å²) in [5, 5.41) is 3.20. The minimum Gasteiger partial charge on any atom is -0.336 e. The first kappa shape index (κ1) is 22.1. The summed E-state index contributed by atoms with van der Waals surface area (Å²) in [7, 11) is -4.83. The summed E-state index contributed by atoms with van der Waals surface area (Å²) in [5.41, 5.74) is 2.24. The second kappa shape index (κ2) is 8.89. The van der Waals surface area contributed by atoms with Crippen molar-refractivity contribution in [3.05, 3.63) is 0 Å². The van der Waals surface area contributed by atoms with E-state index in [4.69, 9.17) is 9.39 Å². The molecule has 2 bridgehead atoms. The van der Waals surface area contributed by atoms with E-state index < -0.39 is 34.4 Å². The Balaban J connectivity index is 0.00000261. The fourth-order valence-electron chi connectivity index (χ4n) is 3.17. The van der Waals surface area contributed by atoms with Crippen molar-refractivity contribution in [1.29, 1.82) is 0 Å². The molecule has 0 unspecified atom stereocenters. The molecule has 3 heterocycles. The predicted molar refractivity (Wildman–Crippen MR) is 88.2 cm³/mol. The molecule has 0 saturated carbocycles. The van der Waals surface area contributed by atoms with Crippen LogP contribution in [0.4, 0.5) is 9.59 Å². The van der Waals surface area contributed by atoms with E-state index in [0.717, 1.165) is 4.90 Å². The zero-order valence-corrected chi connectivity index (χ0v) is 17.5. The Labute approximate surface area is 177 Å². The molecule has 0 spiro atoms. The molecular weight excluding hydrogens is 397 g/mol. The molecular formula is C12H19N5NaO8S. The molecule has 3 N–H and O–H groups in total. The summed E-state index contributed by atoms with van der Waals surface area (Å²) in [4.78, 5) is 43.5. The van der Waals surface area contributed by atoms with Crippen LogP contribution in [0.25, 0.3) is 0 Å². The molecule has 13 nitrogen and oxygen atoms in total. The summed E-state index contributed by atoms with van der Waals surface area (Å²) in [6.45, 7) is 1.61. The Morgan fingerprint density at radius 2 is 2.07 bits per heavy atom. The van der Waals surface area contributed by atoms with Crippen molar-refractivity contribution in [1.82, 2.24) is 25.7 Å². The third-order valence-electron chi connectivity index (χ3n) is 4.38. The number of piperidine rings is 1. The third-order valence-corrected chi connectivity index (χ3v) is 4.73. The molecule has 3 fully saturated rings. The molecule has 27 heavy (non-hydrogen) atoms. The van der Waals surface area contributed by atoms with Crippen LogP contribution in [0, 0.1) is 0 Å². The van der Waals surface area contributed by atoms with Gasteiger partial charge < -0.3 is 15.1 Å². The molecule has 15 heteroatoms. The SMILES string of the molecule is O=C(NOCCN1CCNC1=O)[C@@H]1CC[C@@H]2CN1C(=O)N2OS(=O)(=O)O.[Na]. The van der Waals surface area contributed by atoms with Crippen molar-refractivity contribution in [2.75, 3.05) is 32.8 Å². The normalized spacial score (nSPS) is 24.7. The van der Waals surface area contributed by atoms with Crippen LogP contribution in [0.2, 0.25) is 0 Å². The largest absolute Gasteiger partial charge is 0.418 e. The summed E-state index contributed by atoms with van der Waals surface area (Å²) < 4.78 is 34.7. The molecule has 1 radical (unpaired) electrons. The van der Waals surface area contributed by atoms with E-state index in [1.165, 1.54) is 4.90 Å². The quantitative estimate of drug-likeness (QED) is 0.181. The van der Waals surface area contributed by atoms with E-state index in [-0.39, 0.29) is 55.2 Å². The van der Waals surface area contributed by atoms with Crippen molar-refractivity contribution < 1.29 is 36.5 Å². The van der Waals surface area contributed by atoms with E-state index in [0.29, 0.717) is 31.1 Å². The van der Waals surface area contributed by atoms with Gasteiger partial charge in [-0.15, -0.1) is 4.28 Å². The van der Waals surface area contributed by atoms with Crippen molar-refractivity contribution in [3.63, 3.8) is 0 Å². The molecule has 0 aromatic heterocycles. The van der Waals surface area contributed by atoms with Gasteiger partial charge in [-0.1, -0.05) is 0 Å². The first-order chi connectivity index (χ1) is 12.3. The molecule has 3 aliphatic rings. The minimum absolute atomic E-state index is 0. The average Bonchev–Trinajstić information content (AvgIpc) is 3.08. The number of carbonyl (C=O) groups excluding carboxylic acids is 3. The van der Waals surface area contributed by atoms with Gasteiger partial charge in [-0.2, -0.15) is 13.5 Å². The Morgan fingerprint density at radius 1 is 1.33 bits per heavy atom. The smallest absolute Gasteiger partial charge is 0.336 e. The molecule has 5 amide bonds. The van der Waals surface area contributed by atoms with Crippen LogP contribution in [0.5, 0.6) is 0 Å². The van der Waals surface area contributed by atoms with Gasteiger partial charge in [0.15, 0.2) is 0 Å². The van der Waals surface area contributed by atoms with Crippen LogP contribution in [0.3, 0.4) is 0 Å². The van der Waals surface area contributed by atoms with Crippen molar-refractivity contribution >= 4 is 57.9 Å². The number of hydrogen-bond acceptors (Lipinski definition) is 7. The average molecular weight is 416 g/mol. The van der Waals surface area contributed by atoms with E-state index in [1.54, 1.807) is 0 Å². The molecule has 0 aromatic rings. The minimum atomic E-state index is -4.83. The van der Waals surface area contributed by atoms with Gasteiger partial charge in [0.05, 0.1) is 12.6 Å². The van der Waals surface area contributed by atoms with E-state index in [9.17, 15) is 22.8 Å². The number of hydrogen-bond donors (Lipinski definition) is 3. The Morgan fingerprint density at radius 3 is 2.70 bits per heavy atom. The zero-order valence-electron chi connectivity index (χ0n) is 14.7. The number of hydroxylamine groups is 3. The molecule has 3 rings (SSSR count). The van der Waals surface area contributed by atoms with Gasteiger partial charge in [-0.25, -0.2) is 15.1 Å². The second-order valence-corrected chi connectivity index (χ2v) is 7.05. The fourth-order valence-corrected chi connectivity index (χ4v) is 3.56. The topological polar surface area (TPSA) is 158 Å². The van der Waals surface area contributed by atoms with Gasteiger partial charge in [-0.3, -0.25) is 14.2 Å². The molecule has 3 aliphatic heterocycles. The van der Waals surface area contributed by atoms with Gasteiger partial charge in [-0.05, 0) is 12.8 Å². The van der Waals surface area contributed by atoms with E-state index >= 15 is 0 Å². The van der Waals surface area contributed by atoms with Gasteiger partial charge >= 0.3 is 22.5 Å². The molecule has 2 atom stereocenters. The van der Waals surface area contributed by atoms with Crippen LogP contribution >= 0.6 is 0 Å². The monoisotopic (exact) mass is 416 g/mol. The predicted octanol–water partition coefficient (Wildman–Crippen LogP) is -2.32. The summed E-state index contributed by atoms with van der Waals surface area (Å²) in [6, 6.07) is -2.43. The van der Waals surface area contributed by atoms with Gasteiger partial charge in [0.25, 0.3) is 5.91 Å². The Hall–Kier alpha value is -1.16. The number of carbonyl (C=O) groups is 3. The fraction of sp³-hybridized carbons (Fsp3) is 0.750. The second-order valence-electron chi connectivity index (χ2n) is 6.04. The molecule has 0 aromatic carbocycles. The van der Waals surface area contributed by atoms with Crippen LogP contribution in [-0.4, -0.2) is 120 Å². The van der Waals surface area contributed by atoms with Gasteiger partial charge in [0.1, 0.15) is 6.04 Å². The van der Waals surface area contributed by atoms with Crippen LogP contribution in [-0.2, 0) is 24.3 Å². The maximum absolute atomic E-state index is 12.2. The number of rotatable bonds is 7. The van der Waals surface area contributed by atoms with E-state index in [1.807, 2.05) is 0 Å². The van der Waals surface area contributed by atoms with Gasteiger partial charge in [0, 0.05) is 55.7 Å². The van der Waals surface area contributed by atoms with Crippen molar-refractivity contribution in [3.8, 4) is 0 Å². The zero-order chi connectivity index (χ0) is 18.9. The first-order valence-electron chi connectivity index (χ1n) is 7.97. The van der Waals surface area contributed by atoms with Crippen molar-refractivity contribution in [2.24, 2.45) is 0 Å². The number of amides is 5. The number of nitrogens with one attached hydrogen (secondary N) is 2. The summed E-state index contributed by atoms with van der Waals surface area (Å²) in [6.07, 6.45) is 0.606. The Kier molecular flexibility index (Phi) is 7.29. The maximum atomic E-state index is 12.2. The Bertz CT molecular complexity index is 706. The first-order valence-corrected chi connectivity index (χ1v) is 9.34. The molecule has 0 aliphatic carbocycles. The van der Waals surface area contributed by atoms with Crippen LogP contribution < -0.4 is 10.8 Å². The number of urea groups is 2. The van der Waals surface area contributed by atoms with Crippen LogP contribution in [0.15, 0.2) is 0 Å². The summed E-state index contributed by atoms with van der Waals surface area (Å²) in [5.74, 6) is -0.559.